The Morgan fingerprint density at radius 1 is 1.27 bits per heavy atom. The highest BCUT2D eigenvalue weighted by Gasteiger charge is 2.52. The number of anilines is 1. The molecule has 1 fully saturated rings. The van der Waals surface area contributed by atoms with Crippen LogP contribution in [0.1, 0.15) is 32.8 Å². The van der Waals surface area contributed by atoms with E-state index in [0.29, 0.717) is 27.4 Å². The topological polar surface area (TPSA) is 116 Å². The first-order valence-corrected chi connectivity index (χ1v) is 11.4. The van der Waals surface area contributed by atoms with Crippen LogP contribution in [0.25, 0.3) is 0 Å². The molecule has 3 rings (SSSR count). The summed E-state index contributed by atoms with van der Waals surface area (Å²) in [6, 6.07) is 8.35. The quantitative estimate of drug-likeness (QED) is 0.399. The molecule has 2 aromatic rings. The number of hydrogen-bond acceptors (Lipinski definition) is 8. The van der Waals surface area contributed by atoms with Crippen molar-refractivity contribution in [1.82, 2.24) is 25.9 Å². The molecule has 0 aliphatic carbocycles. The Labute approximate surface area is 183 Å². The van der Waals surface area contributed by atoms with Crippen molar-refractivity contribution < 1.29 is 14.4 Å². The summed E-state index contributed by atoms with van der Waals surface area (Å²) in [7, 11) is 0. The minimum absolute atomic E-state index is 0.000333. The van der Waals surface area contributed by atoms with Crippen LogP contribution in [0, 0.1) is 5.92 Å². The Balaban J connectivity index is 1.59. The van der Waals surface area contributed by atoms with Crippen LogP contribution in [0.5, 0.6) is 0 Å². The first-order chi connectivity index (χ1) is 14.4. The number of benzene rings is 1. The van der Waals surface area contributed by atoms with Crippen molar-refractivity contribution in [2.75, 3.05) is 17.6 Å². The van der Waals surface area contributed by atoms with Gasteiger partial charge in [-0.05, 0) is 17.9 Å². The molecule has 9 nitrogen and oxygen atoms in total. The van der Waals surface area contributed by atoms with Crippen molar-refractivity contribution in [2.45, 2.75) is 37.1 Å². The molecule has 3 N–H and O–H groups in total. The summed E-state index contributed by atoms with van der Waals surface area (Å²) in [5.74, 6) is -0.502. The van der Waals surface area contributed by atoms with Crippen LogP contribution >= 0.6 is 23.1 Å². The van der Waals surface area contributed by atoms with E-state index in [0.717, 1.165) is 11.6 Å². The summed E-state index contributed by atoms with van der Waals surface area (Å²) in [4.78, 5) is 37.8. The number of urea groups is 1. The van der Waals surface area contributed by atoms with Gasteiger partial charge in [-0.2, -0.15) is 5.01 Å². The number of carbonyl (C=O) groups excluding carboxylic acids is 3. The maximum absolute atomic E-state index is 13.0. The van der Waals surface area contributed by atoms with E-state index in [4.69, 9.17) is 0 Å². The van der Waals surface area contributed by atoms with Crippen LogP contribution in [-0.4, -0.2) is 45.3 Å². The number of hydrogen-bond donors (Lipinski definition) is 3. The van der Waals surface area contributed by atoms with E-state index in [1.165, 1.54) is 23.1 Å². The normalized spacial score (nSPS) is 18.6. The third-order valence-corrected chi connectivity index (χ3v) is 6.53. The standard InChI is InChI=1S/C19H24N6O3S2/c1-4-19(13-8-6-5-7-9-13)15(27)25(17(28)21-19)24-14(26)11-29-18-23-22-16(30-18)20-10-12(2)3/h5-9,12H,4,10-11H2,1-3H3,(H,20,22)(H,21,28)(H,24,26). The molecule has 1 atom stereocenters. The van der Waals surface area contributed by atoms with Crippen LogP contribution in [0.2, 0.25) is 0 Å². The summed E-state index contributed by atoms with van der Waals surface area (Å²) in [5, 5.41) is 15.4. The molecule has 0 saturated carbocycles. The summed E-state index contributed by atoms with van der Waals surface area (Å²) in [6.07, 6.45) is 0.361. The van der Waals surface area contributed by atoms with Crippen molar-refractivity contribution >= 4 is 46.1 Å². The van der Waals surface area contributed by atoms with Crippen molar-refractivity contribution in [3.05, 3.63) is 35.9 Å². The number of carbonyl (C=O) groups is 3. The fraction of sp³-hybridized carbons (Fsp3) is 0.421. The first kappa shape index (κ1) is 22.0. The molecule has 2 heterocycles. The van der Waals surface area contributed by atoms with Gasteiger partial charge in [0.25, 0.3) is 5.91 Å². The maximum Gasteiger partial charge on any atom is 0.344 e. The van der Waals surface area contributed by atoms with Gasteiger partial charge >= 0.3 is 6.03 Å². The van der Waals surface area contributed by atoms with Gasteiger partial charge in [-0.3, -0.25) is 15.0 Å². The van der Waals surface area contributed by atoms with Gasteiger partial charge in [-0.25, -0.2) is 4.79 Å². The number of hydrazine groups is 1. The minimum Gasteiger partial charge on any atom is -0.360 e. The zero-order chi connectivity index (χ0) is 21.7. The summed E-state index contributed by atoms with van der Waals surface area (Å²) < 4.78 is 0.626. The summed E-state index contributed by atoms with van der Waals surface area (Å²) >= 11 is 2.55. The second-order valence-corrected chi connectivity index (χ2v) is 9.37. The molecule has 30 heavy (non-hydrogen) atoms. The highest BCUT2D eigenvalue weighted by Crippen LogP contribution is 2.31. The molecule has 0 radical (unpaired) electrons. The van der Waals surface area contributed by atoms with E-state index < -0.39 is 23.4 Å². The Bertz CT molecular complexity index is 920. The molecule has 160 valence electrons. The fourth-order valence-corrected chi connectivity index (χ4v) is 4.50. The SMILES string of the molecule is CCC1(c2ccccc2)NC(=O)N(NC(=O)CSc2nnc(NCC(C)C)s2)C1=O. The predicted octanol–water partition coefficient (Wildman–Crippen LogP) is 2.59. The monoisotopic (exact) mass is 448 g/mol. The van der Waals surface area contributed by atoms with Crippen molar-refractivity contribution in [2.24, 2.45) is 5.92 Å². The van der Waals surface area contributed by atoms with E-state index in [1.807, 2.05) is 13.0 Å². The lowest BCUT2D eigenvalue weighted by Crippen LogP contribution is -2.49. The second-order valence-electron chi connectivity index (χ2n) is 7.17. The molecule has 1 aromatic carbocycles. The number of nitrogens with one attached hydrogen (secondary N) is 3. The smallest absolute Gasteiger partial charge is 0.344 e. The van der Waals surface area contributed by atoms with Crippen LogP contribution < -0.4 is 16.1 Å². The van der Waals surface area contributed by atoms with Gasteiger partial charge in [0.1, 0.15) is 5.54 Å². The average molecular weight is 449 g/mol. The van der Waals surface area contributed by atoms with Crippen LogP contribution in [0.4, 0.5) is 9.93 Å². The largest absolute Gasteiger partial charge is 0.360 e. The Morgan fingerprint density at radius 2 is 2.00 bits per heavy atom. The number of thioether (sulfide) groups is 1. The van der Waals surface area contributed by atoms with E-state index in [2.05, 4.69) is 40.1 Å². The number of nitrogens with zero attached hydrogens (tertiary/aromatic N) is 3. The summed E-state index contributed by atoms with van der Waals surface area (Å²) in [6.45, 7) is 6.78. The van der Waals surface area contributed by atoms with Crippen LogP contribution in [0.3, 0.4) is 0 Å². The molecule has 1 saturated heterocycles. The zero-order valence-electron chi connectivity index (χ0n) is 17.0. The van der Waals surface area contributed by atoms with Gasteiger partial charge < -0.3 is 10.6 Å². The fourth-order valence-electron chi connectivity index (χ4n) is 2.95. The van der Waals surface area contributed by atoms with Gasteiger partial charge in [0, 0.05) is 6.54 Å². The van der Waals surface area contributed by atoms with Crippen molar-refractivity contribution in [3.63, 3.8) is 0 Å². The van der Waals surface area contributed by atoms with Crippen molar-refractivity contribution in [3.8, 4) is 0 Å². The van der Waals surface area contributed by atoms with E-state index in [1.54, 1.807) is 24.3 Å². The first-order valence-electron chi connectivity index (χ1n) is 9.57. The average Bonchev–Trinajstić information content (AvgIpc) is 3.29. The zero-order valence-corrected chi connectivity index (χ0v) is 18.6. The molecule has 0 spiro atoms. The van der Waals surface area contributed by atoms with Gasteiger partial charge in [-0.15, -0.1) is 10.2 Å². The summed E-state index contributed by atoms with van der Waals surface area (Å²) in [5.41, 5.74) is 1.90. The highest BCUT2D eigenvalue weighted by molar-refractivity contribution is 8.01. The third-order valence-electron chi connectivity index (χ3n) is 4.52. The molecule has 1 unspecified atom stereocenters. The van der Waals surface area contributed by atoms with Crippen molar-refractivity contribution in [1.29, 1.82) is 0 Å². The Hall–Kier alpha value is -2.66. The maximum atomic E-state index is 13.0. The number of rotatable bonds is 9. The highest BCUT2D eigenvalue weighted by atomic mass is 32.2. The molecular formula is C19H24N6O3S2. The lowest BCUT2D eigenvalue weighted by atomic mass is 9.87. The van der Waals surface area contributed by atoms with Gasteiger partial charge in [0.15, 0.2) is 4.34 Å². The lowest BCUT2D eigenvalue weighted by molar-refractivity contribution is -0.138. The molecule has 4 amide bonds. The molecule has 1 aromatic heterocycles. The van der Waals surface area contributed by atoms with Gasteiger partial charge in [0.05, 0.1) is 5.75 Å². The number of aromatic nitrogens is 2. The second kappa shape index (κ2) is 9.43. The minimum atomic E-state index is -1.19. The van der Waals surface area contributed by atoms with E-state index >= 15 is 0 Å². The van der Waals surface area contributed by atoms with E-state index in [9.17, 15) is 14.4 Å². The Morgan fingerprint density at radius 3 is 2.67 bits per heavy atom. The molecular weight excluding hydrogens is 424 g/mol. The number of amides is 4. The van der Waals surface area contributed by atoms with E-state index in [-0.39, 0.29) is 5.75 Å². The lowest BCUT2D eigenvalue weighted by Gasteiger charge is -2.25. The predicted molar refractivity (Wildman–Crippen MR) is 116 cm³/mol. The van der Waals surface area contributed by atoms with Gasteiger partial charge in [0.2, 0.25) is 11.0 Å². The van der Waals surface area contributed by atoms with Crippen LogP contribution in [0.15, 0.2) is 34.7 Å². The molecule has 1 aliphatic rings. The molecule has 0 bridgehead atoms. The Kier molecular flexibility index (Phi) is 6.93. The molecule has 1 aliphatic heterocycles. The third kappa shape index (κ3) is 4.73. The molecule has 11 heteroatoms. The van der Waals surface area contributed by atoms with Crippen LogP contribution in [-0.2, 0) is 15.1 Å². The number of imide groups is 1. The van der Waals surface area contributed by atoms with Gasteiger partial charge in [-0.1, -0.05) is 74.2 Å².